The van der Waals surface area contributed by atoms with Gasteiger partial charge in [0, 0.05) is 16.7 Å². The molecule has 2 aromatic rings. The molecule has 0 aromatic heterocycles. The Bertz CT molecular complexity index is 991. The van der Waals surface area contributed by atoms with Gasteiger partial charge < -0.3 is 14.2 Å². The molecule has 2 rings (SSSR count). The van der Waals surface area contributed by atoms with Crippen LogP contribution in [-0.2, 0) is 14.3 Å². The Morgan fingerprint density at radius 1 is 0.862 bits per heavy atom. The van der Waals surface area contributed by atoms with Gasteiger partial charge in [-0.3, -0.25) is 0 Å². The predicted molar refractivity (Wildman–Crippen MR) is 103 cm³/mol. The van der Waals surface area contributed by atoms with Crippen LogP contribution < -0.4 is 9.47 Å². The molecule has 0 unspecified atom stereocenters. The first-order valence-electron chi connectivity index (χ1n) is 8.35. The third-order valence-corrected chi connectivity index (χ3v) is 3.55. The number of carbonyl (C=O) groups is 2. The summed E-state index contributed by atoms with van der Waals surface area (Å²) in [6.07, 6.45) is 2.21. The first-order chi connectivity index (χ1) is 13.7. The van der Waals surface area contributed by atoms with E-state index in [-0.39, 0.29) is 16.7 Å². The number of ether oxygens (including phenoxy) is 3. The Hall–Kier alpha value is -3.74. The number of carbonyl (C=O) groups excluding carboxylic acids is 2. The van der Waals surface area contributed by atoms with E-state index in [1.807, 2.05) is 0 Å². The van der Waals surface area contributed by atoms with E-state index in [1.54, 1.807) is 0 Å². The van der Waals surface area contributed by atoms with Crippen LogP contribution in [0.2, 0.25) is 0 Å². The van der Waals surface area contributed by atoms with Crippen LogP contribution >= 0.6 is 0 Å². The Labute approximate surface area is 166 Å². The van der Waals surface area contributed by atoms with Crippen molar-refractivity contribution in [3.8, 4) is 22.6 Å². The number of hydrogen-bond donors (Lipinski definition) is 0. The molecule has 0 saturated carbocycles. The molecule has 0 spiro atoms. The molecule has 0 aliphatic heterocycles. The van der Waals surface area contributed by atoms with Crippen molar-refractivity contribution in [2.75, 3.05) is 0 Å². The average molecular weight is 400 g/mol. The van der Waals surface area contributed by atoms with Crippen LogP contribution in [0, 0.1) is 11.6 Å². The molecule has 0 saturated heterocycles. The summed E-state index contributed by atoms with van der Waals surface area (Å²) in [4.78, 5) is 22.7. The molecular formula is C22H18F2O5. The summed E-state index contributed by atoms with van der Waals surface area (Å²) in [5, 5.41) is 0. The quantitative estimate of drug-likeness (QED) is 0.281. The van der Waals surface area contributed by atoms with Gasteiger partial charge >= 0.3 is 11.9 Å². The normalized spacial score (nSPS) is 10.5. The van der Waals surface area contributed by atoms with Crippen molar-refractivity contribution in [3.05, 3.63) is 84.9 Å². The minimum Gasteiger partial charge on any atom is -0.462 e. The van der Waals surface area contributed by atoms with Gasteiger partial charge in [-0.05, 0) is 43.7 Å². The highest BCUT2D eigenvalue weighted by atomic mass is 19.2. The van der Waals surface area contributed by atoms with Gasteiger partial charge in [-0.1, -0.05) is 25.3 Å². The first kappa shape index (κ1) is 21.6. The molecule has 0 heterocycles. The second kappa shape index (κ2) is 9.45. The second-order valence-corrected chi connectivity index (χ2v) is 6.01. The predicted octanol–water partition coefficient (Wildman–Crippen LogP) is 5.08. The summed E-state index contributed by atoms with van der Waals surface area (Å²) in [6, 6.07) is 8.53. The molecule has 0 atom stereocenters. The summed E-state index contributed by atoms with van der Waals surface area (Å²) in [6.45, 7) is 9.73. The van der Waals surface area contributed by atoms with Gasteiger partial charge in [-0.25, -0.2) is 14.0 Å². The zero-order valence-electron chi connectivity index (χ0n) is 15.8. The highest BCUT2D eigenvalue weighted by Gasteiger charge is 2.18. The fraction of sp³-hybridized carbons (Fsp3) is 0.0909. The van der Waals surface area contributed by atoms with Crippen LogP contribution in [0.25, 0.3) is 11.1 Å². The van der Waals surface area contributed by atoms with Crippen molar-refractivity contribution in [3.63, 3.8) is 0 Å². The maximum Gasteiger partial charge on any atom is 0.338 e. The van der Waals surface area contributed by atoms with Gasteiger partial charge in [-0.2, -0.15) is 4.39 Å². The van der Waals surface area contributed by atoms with Crippen LogP contribution in [0.4, 0.5) is 8.78 Å². The number of benzene rings is 2. The number of halogens is 2. The maximum absolute atomic E-state index is 14.4. The van der Waals surface area contributed by atoms with Gasteiger partial charge in [0.05, 0.1) is 0 Å². The molecule has 7 heteroatoms. The van der Waals surface area contributed by atoms with Crippen LogP contribution in [0.15, 0.2) is 73.2 Å². The van der Waals surface area contributed by atoms with Gasteiger partial charge in [0.25, 0.3) is 0 Å². The molecule has 0 N–H and O–H groups in total. The van der Waals surface area contributed by atoms with Crippen LogP contribution in [-0.4, -0.2) is 11.9 Å². The lowest BCUT2D eigenvalue weighted by molar-refractivity contribution is -0.133. The second-order valence-electron chi connectivity index (χ2n) is 6.01. The standard InChI is InChI=1S/C22H18F2O5/c1-13(2)21(25)28-12-11-27-16-7-5-15(6-8-16)17-9-10-18(20(24)19(17)23)29-22(26)14(3)4/h5-12H,1,3H2,2,4H3/b12-11-. The fourth-order valence-electron chi connectivity index (χ4n) is 2.03. The largest absolute Gasteiger partial charge is 0.462 e. The van der Waals surface area contributed by atoms with E-state index in [4.69, 9.17) is 14.2 Å². The van der Waals surface area contributed by atoms with Crippen molar-refractivity contribution in [1.82, 2.24) is 0 Å². The highest BCUT2D eigenvalue weighted by molar-refractivity contribution is 5.89. The molecule has 150 valence electrons. The molecule has 0 amide bonds. The third-order valence-electron chi connectivity index (χ3n) is 3.55. The summed E-state index contributed by atoms with van der Waals surface area (Å²) in [7, 11) is 0. The number of rotatable bonds is 7. The van der Waals surface area contributed by atoms with Crippen molar-refractivity contribution in [2.24, 2.45) is 0 Å². The molecule has 2 aromatic carbocycles. The topological polar surface area (TPSA) is 61.8 Å². The van der Waals surface area contributed by atoms with E-state index in [1.165, 1.54) is 44.2 Å². The van der Waals surface area contributed by atoms with Gasteiger partial charge in [-0.15, -0.1) is 0 Å². The minimum atomic E-state index is -1.28. The van der Waals surface area contributed by atoms with E-state index < -0.39 is 29.3 Å². The van der Waals surface area contributed by atoms with Gasteiger partial charge in [0.15, 0.2) is 11.6 Å². The molecule has 0 fully saturated rings. The van der Waals surface area contributed by atoms with E-state index >= 15 is 0 Å². The van der Waals surface area contributed by atoms with Crippen LogP contribution in [0.3, 0.4) is 0 Å². The SMILES string of the molecule is C=C(C)C(=O)O/C=C\Oc1ccc(-c2ccc(OC(=O)C(=C)C)c(F)c2F)cc1. The fourth-order valence-corrected chi connectivity index (χ4v) is 2.03. The van der Waals surface area contributed by atoms with Crippen molar-refractivity contribution in [1.29, 1.82) is 0 Å². The Balaban J connectivity index is 2.11. The summed E-state index contributed by atoms with van der Waals surface area (Å²) >= 11 is 0. The molecule has 5 nitrogen and oxygen atoms in total. The van der Waals surface area contributed by atoms with Crippen molar-refractivity contribution in [2.45, 2.75) is 13.8 Å². The third kappa shape index (κ3) is 5.62. The number of esters is 2. The van der Waals surface area contributed by atoms with Crippen LogP contribution in [0.5, 0.6) is 11.5 Å². The van der Waals surface area contributed by atoms with E-state index in [0.717, 1.165) is 18.6 Å². The minimum absolute atomic E-state index is 0.0184. The Morgan fingerprint density at radius 2 is 1.48 bits per heavy atom. The van der Waals surface area contributed by atoms with Crippen molar-refractivity contribution >= 4 is 11.9 Å². The zero-order chi connectivity index (χ0) is 21.6. The lowest BCUT2D eigenvalue weighted by Crippen LogP contribution is -2.10. The molecule has 0 aliphatic rings. The molecule has 29 heavy (non-hydrogen) atoms. The Morgan fingerprint density at radius 3 is 2.07 bits per heavy atom. The van der Waals surface area contributed by atoms with E-state index in [0.29, 0.717) is 11.3 Å². The smallest absolute Gasteiger partial charge is 0.338 e. The molecule has 0 bridgehead atoms. The lowest BCUT2D eigenvalue weighted by atomic mass is 10.0. The van der Waals surface area contributed by atoms with Gasteiger partial charge in [0.2, 0.25) is 5.82 Å². The number of hydrogen-bond acceptors (Lipinski definition) is 5. The summed E-state index contributed by atoms with van der Waals surface area (Å²) in [5.41, 5.74) is 0.668. The van der Waals surface area contributed by atoms with Crippen LogP contribution in [0.1, 0.15) is 13.8 Å². The average Bonchev–Trinajstić information content (AvgIpc) is 2.69. The maximum atomic E-state index is 14.4. The summed E-state index contributed by atoms with van der Waals surface area (Å²) < 4.78 is 43.3. The molecular weight excluding hydrogens is 382 g/mol. The van der Waals surface area contributed by atoms with E-state index in [2.05, 4.69) is 13.2 Å². The van der Waals surface area contributed by atoms with E-state index in [9.17, 15) is 18.4 Å². The Kier molecular flexibility index (Phi) is 7.03. The monoisotopic (exact) mass is 400 g/mol. The molecule has 0 aliphatic carbocycles. The zero-order valence-corrected chi connectivity index (χ0v) is 15.8. The van der Waals surface area contributed by atoms with Gasteiger partial charge in [0.1, 0.15) is 18.3 Å². The summed E-state index contributed by atoms with van der Waals surface area (Å²) in [5.74, 6) is -4.01. The molecule has 0 radical (unpaired) electrons. The van der Waals surface area contributed by atoms with Crippen molar-refractivity contribution < 1.29 is 32.6 Å². The highest BCUT2D eigenvalue weighted by Crippen LogP contribution is 2.31. The first-order valence-corrected chi connectivity index (χ1v) is 8.35. The lowest BCUT2D eigenvalue weighted by Gasteiger charge is -2.10.